The molecule has 0 bridgehead atoms. The van der Waals surface area contributed by atoms with Crippen LogP contribution in [-0.2, 0) is 21.3 Å². The zero-order valence-corrected chi connectivity index (χ0v) is 24.7. The van der Waals surface area contributed by atoms with Crippen molar-refractivity contribution in [2.75, 3.05) is 14.2 Å². The van der Waals surface area contributed by atoms with Crippen LogP contribution in [0.5, 0.6) is 11.5 Å². The van der Waals surface area contributed by atoms with E-state index in [2.05, 4.69) is 0 Å². The molecule has 0 aliphatic heterocycles. The predicted octanol–water partition coefficient (Wildman–Crippen LogP) is 8.71. The standard InChI is InChI=1S/C28H22Cl2F2O4S3/c1-35-23-7-5-19(31)13-27(23)37-25-9-3-17(11-21(25)29)15-39(33,34)16-18-4-10-26(22(30)12-18)38-28-14-20(32)6-8-24(28)36-2/h3-14H,15-16H2,1-2H3. The second-order valence-electron chi connectivity index (χ2n) is 8.36. The molecule has 0 saturated heterocycles. The van der Waals surface area contributed by atoms with Crippen LogP contribution in [0.2, 0.25) is 10.0 Å². The summed E-state index contributed by atoms with van der Waals surface area (Å²) in [5, 5.41) is 0.687. The van der Waals surface area contributed by atoms with Crippen molar-refractivity contribution in [1.29, 1.82) is 0 Å². The Morgan fingerprint density at radius 3 is 1.41 bits per heavy atom. The third-order valence-electron chi connectivity index (χ3n) is 5.46. The molecular formula is C28H22Cl2F2O4S3. The van der Waals surface area contributed by atoms with E-state index >= 15 is 0 Å². The molecule has 0 aliphatic carbocycles. The normalized spacial score (nSPS) is 11.4. The van der Waals surface area contributed by atoms with Crippen LogP contribution in [0.4, 0.5) is 8.78 Å². The van der Waals surface area contributed by atoms with Gasteiger partial charge in [-0.3, -0.25) is 0 Å². The highest BCUT2D eigenvalue weighted by Crippen LogP contribution is 2.40. The van der Waals surface area contributed by atoms with Crippen molar-refractivity contribution >= 4 is 56.6 Å². The Kier molecular flexibility index (Phi) is 9.72. The second-order valence-corrected chi connectivity index (χ2v) is 13.4. The molecule has 0 aliphatic rings. The van der Waals surface area contributed by atoms with Crippen molar-refractivity contribution in [2.24, 2.45) is 0 Å². The molecule has 0 heterocycles. The minimum absolute atomic E-state index is 0.227. The number of benzene rings is 4. The molecule has 4 aromatic carbocycles. The van der Waals surface area contributed by atoms with E-state index in [9.17, 15) is 17.2 Å². The molecule has 204 valence electrons. The first kappa shape index (κ1) is 29.6. The lowest BCUT2D eigenvalue weighted by atomic mass is 10.2. The van der Waals surface area contributed by atoms with E-state index in [1.54, 1.807) is 36.4 Å². The first-order valence-corrected chi connectivity index (χ1v) is 15.6. The highest BCUT2D eigenvalue weighted by atomic mass is 35.5. The van der Waals surface area contributed by atoms with Gasteiger partial charge in [0.05, 0.1) is 45.6 Å². The molecule has 4 rings (SSSR count). The highest BCUT2D eigenvalue weighted by Gasteiger charge is 2.17. The molecule has 0 saturated carbocycles. The van der Waals surface area contributed by atoms with Gasteiger partial charge in [-0.1, -0.05) is 58.9 Å². The number of hydrogen-bond donors (Lipinski definition) is 0. The fourth-order valence-corrected chi connectivity index (χ4v) is 7.71. The summed E-state index contributed by atoms with van der Waals surface area (Å²) in [5.74, 6) is -0.259. The summed E-state index contributed by atoms with van der Waals surface area (Å²) in [6.07, 6.45) is 0. The first-order valence-electron chi connectivity index (χ1n) is 11.4. The third-order valence-corrected chi connectivity index (χ3v) is 10.1. The number of halogens is 4. The van der Waals surface area contributed by atoms with Gasteiger partial charge >= 0.3 is 0 Å². The van der Waals surface area contributed by atoms with Crippen LogP contribution in [0.3, 0.4) is 0 Å². The van der Waals surface area contributed by atoms with E-state index in [0.717, 1.165) is 0 Å². The SMILES string of the molecule is COc1ccc(F)cc1Sc1ccc(CS(=O)(=O)Cc2ccc(Sc3cc(F)ccc3OC)c(Cl)c2)cc1Cl. The molecule has 0 atom stereocenters. The molecule has 39 heavy (non-hydrogen) atoms. The molecule has 0 aromatic heterocycles. The van der Waals surface area contributed by atoms with E-state index in [0.29, 0.717) is 52.3 Å². The lowest BCUT2D eigenvalue weighted by molar-refractivity contribution is 0.403. The van der Waals surface area contributed by atoms with Gasteiger partial charge in [-0.15, -0.1) is 0 Å². The Bertz CT molecular complexity index is 1500. The first-order chi connectivity index (χ1) is 18.6. The van der Waals surface area contributed by atoms with Gasteiger partial charge in [-0.2, -0.15) is 0 Å². The van der Waals surface area contributed by atoms with Crippen molar-refractivity contribution in [3.05, 3.63) is 106 Å². The predicted molar refractivity (Wildman–Crippen MR) is 153 cm³/mol. The molecule has 0 amide bonds. The summed E-state index contributed by atoms with van der Waals surface area (Å²) in [6, 6.07) is 18.3. The topological polar surface area (TPSA) is 52.6 Å². The summed E-state index contributed by atoms with van der Waals surface area (Å²) < 4.78 is 63.9. The minimum Gasteiger partial charge on any atom is -0.496 e. The van der Waals surface area contributed by atoms with Gasteiger partial charge in [0.1, 0.15) is 23.1 Å². The Labute approximate surface area is 244 Å². The average molecular weight is 628 g/mol. The van der Waals surface area contributed by atoms with Crippen LogP contribution < -0.4 is 9.47 Å². The maximum atomic E-state index is 13.7. The lowest BCUT2D eigenvalue weighted by Gasteiger charge is -2.12. The number of sulfone groups is 1. The summed E-state index contributed by atoms with van der Waals surface area (Å²) in [5.41, 5.74) is 1.04. The Hall–Kier alpha value is -2.43. The number of methoxy groups -OCH3 is 2. The van der Waals surface area contributed by atoms with E-state index in [1.807, 2.05) is 0 Å². The summed E-state index contributed by atoms with van der Waals surface area (Å²) >= 11 is 15.3. The van der Waals surface area contributed by atoms with Gasteiger partial charge in [-0.05, 0) is 71.8 Å². The van der Waals surface area contributed by atoms with Crippen LogP contribution in [0.15, 0.2) is 92.4 Å². The molecule has 4 aromatic rings. The maximum Gasteiger partial charge on any atom is 0.158 e. The zero-order valence-electron chi connectivity index (χ0n) is 20.7. The molecule has 0 N–H and O–H groups in total. The van der Waals surface area contributed by atoms with Crippen molar-refractivity contribution in [3.63, 3.8) is 0 Å². The van der Waals surface area contributed by atoms with Gasteiger partial charge in [0.25, 0.3) is 0 Å². The number of rotatable bonds is 10. The fourth-order valence-electron chi connectivity index (χ4n) is 3.69. The van der Waals surface area contributed by atoms with Crippen LogP contribution in [0, 0.1) is 11.6 Å². The summed E-state index contributed by atoms with van der Waals surface area (Å²) in [4.78, 5) is 2.37. The zero-order chi connectivity index (χ0) is 28.2. The van der Waals surface area contributed by atoms with Crippen LogP contribution in [0.25, 0.3) is 0 Å². The highest BCUT2D eigenvalue weighted by molar-refractivity contribution is 7.99. The van der Waals surface area contributed by atoms with Crippen molar-refractivity contribution in [2.45, 2.75) is 31.1 Å². The van der Waals surface area contributed by atoms with E-state index in [-0.39, 0.29) is 11.5 Å². The Morgan fingerprint density at radius 2 is 1.05 bits per heavy atom. The largest absolute Gasteiger partial charge is 0.496 e. The molecule has 0 radical (unpaired) electrons. The van der Waals surface area contributed by atoms with Gasteiger partial charge < -0.3 is 9.47 Å². The quantitative estimate of drug-likeness (QED) is 0.175. The van der Waals surface area contributed by atoms with E-state index in [1.165, 1.54) is 74.1 Å². The molecule has 0 unspecified atom stereocenters. The molecule has 0 fully saturated rings. The molecule has 0 spiro atoms. The second kappa shape index (κ2) is 12.8. The van der Waals surface area contributed by atoms with Crippen LogP contribution in [-0.4, -0.2) is 22.6 Å². The number of ether oxygens (including phenoxy) is 2. The van der Waals surface area contributed by atoms with Gasteiger partial charge in [0, 0.05) is 9.79 Å². The van der Waals surface area contributed by atoms with Gasteiger partial charge in [0.15, 0.2) is 9.84 Å². The Morgan fingerprint density at radius 1 is 0.641 bits per heavy atom. The van der Waals surface area contributed by atoms with E-state index < -0.39 is 21.5 Å². The van der Waals surface area contributed by atoms with Crippen molar-refractivity contribution in [1.82, 2.24) is 0 Å². The van der Waals surface area contributed by atoms with E-state index in [4.69, 9.17) is 32.7 Å². The minimum atomic E-state index is -3.57. The summed E-state index contributed by atoms with van der Waals surface area (Å²) in [7, 11) is -0.579. The molecule has 11 heteroatoms. The van der Waals surface area contributed by atoms with Crippen LogP contribution in [0.1, 0.15) is 11.1 Å². The number of hydrogen-bond acceptors (Lipinski definition) is 6. The maximum absolute atomic E-state index is 13.7. The van der Waals surface area contributed by atoms with Crippen LogP contribution >= 0.6 is 46.7 Å². The van der Waals surface area contributed by atoms with Gasteiger partial charge in [-0.25, -0.2) is 17.2 Å². The average Bonchev–Trinajstić information content (AvgIpc) is 2.87. The summed E-state index contributed by atoms with van der Waals surface area (Å²) in [6.45, 7) is 0. The molecular weight excluding hydrogens is 605 g/mol. The van der Waals surface area contributed by atoms with Gasteiger partial charge in [0.2, 0.25) is 0 Å². The monoisotopic (exact) mass is 626 g/mol. The fraction of sp³-hybridized carbons (Fsp3) is 0.143. The Balaban J connectivity index is 1.45. The smallest absolute Gasteiger partial charge is 0.158 e. The van der Waals surface area contributed by atoms with Crippen molar-refractivity contribution < 1.29 is 26.7 Å². The molecule has 4 nitrogen and oxygen atoms in total. The third kappa shape index (κ3) is 7.83. The lowest BCUT2D eigenvalue weighted by Crippen LogP contribution is -2.08. The van der Waals surface area contributed by atoms with Crippen molar-refractivity contribution in [3.8, 4) is 11.5 Å².